The molecule has 0 aliphatic rings. The van der Waals surface area contributed by atoms with E-state index in [2.05, 4.69) is 15.3 Å². The first kappa shape index (κ1) is 17.8. The topological polar surface area (TPSA) is 58.1 Å². The lowest BCUT2D eigenvalue weighted by atomic mass is 10.2. The summed E-state index contributed by atoms with van der Waals surface area (Å²) in [5.74, 6) is -0.220. The maximum Gasteiger partial charge on any atom is 0.257 e. The normalized spacial score (nSPS) is 10.4. The smallest absolute Gasteiger partial charge is 0.257 e. The number of anilines is 2. The Bertz CT molecular complexity index is 917. The van der Waals surface area contributed by atoms with E-state index in [-0.39, 0.29) is 11.7 Å². The molecule has 0 aliphatic carbocycles. The molecule has 1 N–H and O–H groups in total. The van der Waals surface area contributed by atoms with Gasteiger partial charge in [-0.3, -0.25) is 4.79 Å². The molecule has 0 spiro atoms. The van der Waals surface area contributed by atoms with Crippen molar-refractivity contribution in [3.05, 3.63) is 83.0 Å². The van der Waals surface area contributed by atoms with Crippen LogP contribution in [-0.2, 0) is 6.54 Å². The number of nitrogens with zero attached hydrogens (tertiary/aromatic N) is 3. The number of hydrogen-bond acceptors (Lipinski definition) is 4. The Morgan fingerprint density at radius 2 is 2.04 bits per heavy atom. The van der Waals surface area contributed by atoms with Gasteiger partial charge in [-0.15, -0.1) is 0 Å². The molecule has 0 aliphatic heterocycles. The van der Waals surface area contributed by atoms with Crippen molar-refractivity contribution in [2.75, 3.05) is 12.4 Å². The van der Waals surface area contributed by atoms with E-state index in [1.807, 2.05) is 6.07 Å². The van der Waals surface area contributed by atoms with Crippen molar-refractivity contribution in [1.82, 2.24) is 14.9 Å². The maximum absolute atomic E-state index is 13.4. The first-order valence-electron chi connectivity index (χ1n) is 7.86. The highest BCUT2D eigenvalue weighted by Crippen LogP contribution is 2.21. The number of carbonyl (C=O) groups is 1. The molecule has 0 saturated carbocycles. The Kier molecular flexibility index (Phi) is 5.43. The van der Waals surface area contributed by atoms with Gasteiger partial charge < -0.3 is 10.2 Å². The van der Waals surface area contributed by atoms with E-state index in [9.17, 15) is 9.18 Å². The second kappa shape index (κ2) is 7.93. The van der Waals surface area contributed by atoms with Crippen molar-refractivity contribution in [3.63, 3.8) is 0 Å². The summed E-state index contributed by atoms with van der Waals surface area (Å²) in [6.07, 6.45) is 3.20. The van der Waals surface area contributed by atoms with E-state index < -0.39 is 0 Å². The van der Waals surface area contributed by atoms with Gasteiger partial charge in [0.1, 0.15) is 16.8 Å². The summed E-state index contributed by atoms with van der Waals surface area (Å²) in [6.45, 7) is 0.372. The standard InChI is InChI=1S/C19H16ClFN4O/c1-25(12-13-7-8-17(20)23-11-13)19(26)16-6-3-9-22-18(16)24-15-5-2-4-14(21)10-15/h2-11H,12H2,1H3,(H,22,24). The SMILES string of the molecule is CN(Cc1ccc(Cl)nc1)C(=O)c1cccnc1Nc1cccc(F)c1. The van der Waals surface area contributed by atoms with E-state index in [0.717, 1.165) is 5.56 Å². The van der Waals surface area contributed by atoms with Gasteiger partial charge in [0.05, 0.1) is 5.56 Å². The van der Waals surface area contributed by atoms with Crippen LogP contribution in [0, 0.1) is 5.82 Å². The Balaban J connectivity index is 1.79. The zero-order valence-corrected chi connectivity index (χ0v) is 14.7. The Morgan fingerprint density at radius 1 is 1.19 bits per heavy atom. The van der Waals surface area contributed by atoms with Gasteiger partial charge in [-0.2, -0.15) is 0 Å². The number of nitrogens with one attached hydrogen (secondary N) is 1. The lowest BCUT2D eigenvalue weighted by molar-refractivity contribution is 0.0785. The zero-order valence-electron chi connectivity index (χ0n) is 14.0. The predicted octanol–water partition coefficient (Wildman–Crippen LogP) is 4.28. The highest BCUT2D eigenvalue weighted by atomic mass is 35.5. The van der Waals surface area contributed by atoms with Gasteiger partial charge in [-0.1, -0.05) is 23.7 Å². The fourth-order valence-corrected chi connectivity index (χ4v) is 2.54. The van der Waals surface area contributed by atoms with Crippen molar-refractivity contribution < 1.29 is 9.18 Å². The molecule has 7 heteroatoms. The second-order valence-corrected chi connectivity index (χ2v) is 6.07. The molecule has 1 amide bonds. The summed E-state index contributed by atoms with van der Waals surface area (Å²) in [5, 5.41) is 3.39. The van der Waals surface area contributed by atoms with Crippen molar-refractivity contribution in [2.24, 2.45) is 0 Å². The second-order valence-electron chi connectivity index (χ2n) is 5.69. The Morgan fingerprint density at radius 3 is 2.77 bits per heavy atom. The number of halogens is 2. The molecule has 3 aromatic rings. The van der Waals surface area contributed by atoms with Crippen LogP contribution in [0.2, 0.25) is 5.15 Å². The van der Waals surface area contributed by atoms with Crippen LogP contribution in [0.3, 0.4) is 0 Å². The quantitative estimate of drug-likeness (QED) is 0.681. The third kappa shape index (κ3) is 4.34. The van der Waals surface area contributed by atoms with Crippen LogP contribution in [0.4, 0.5) is 15.9 Å². The number of rotatable bonds is 5. The average molecular weight is 371 g/mol. The van der Waals surface area contributed by atoms with E-state index in [4.69, 9.17) is 11.6 Å². The van der Waals surface area contributed by atoms with Gasteiger partial charge in [0.25, 0.3) is 5.91 Å². The summed E-state index contributed by atoms with van der Waals surface area (Å²) in [5.41, 5.74) is 1.76. The molecule has 0 fully saturated rings. The molecule has 2 aromatic heterocycles. The lowest BCUT2D eigenvalue weighted by Gasteiger charge is -2.19. The fourth-order valence-electron chi connectivity index (χ4n) is 2.43. The van der Waals surface area contributed by atoms with Gasteiger partial charge in [0, 0.05) is 31.7 Å². The third-order valence-corrected chi connectivity index (χ3v) is 3.90. The van der Waals surface area contributed by atoms with Crippen molar-refractivity contribution in [1.29, 1.82) is 0 Å². The van der Waals surface area contributed by atoms with Crippen molar-refractivity contribution >= 4 is 29.0 Å². The molecule has 1 aromatic carbocycles. The fraction of sp³-hybridized carbons (Fsp3) is 0.105. The minimum atomic E-state index is -0.369. The van der Waals surface area contributed by atoms with Crippen LogP contribution in [0.15, 0.2) is 60.9 Å². The monoisotopic (exact) mass is 370 g/mol. The van der Waals surface area contributed by atoms with Gasteiger partial charge in [0.15, 0.2) is 0 Å². The highest BCUT2D eigenvalue weighted by Gasteiger charge is 2.17. The van der Waals surface area contributed by atoms with Crippen LogP contribution in [0.5, 0.6) is 0 Å². The third-order valence-electron chi connectivity index (χ3n) is 3.68. The minimum Gasteiger partial charge on any atom is -0.339 e. The molecule has 0 saturated heterocycles. The molecule has 3 rings (SSSR count). The van der Waals surface area contributed by atoms with Crippen LogP contribution in [-0.4, -0.2) is 27.8 Å². The van der Waals surface area contributed by atoms with Gasteiger partial charge in [-0.05, 0) is 42.0 Å². The number of aromatic nitrogens is 2. The molecule has 0 bridgehead atoms. The van der Waals surface area contributed by atoms with Gasteiger partial charge in [-0.25, -0.2) is 14.4 Å². The van der Waals surface area contributed by atoms with Crippen LogP contribution in [0.1, 0.15) is 15.9 Å². The van der Waals surface area contributed by atoms with E-state index in [1.165, 1.54) is 12.1 Å². The molecular formula is C19H16ClFN4O. The zero-order chi connectivity index (χ0) is 18.5. The molecule has 0 atom stereocenters. The van der Waals surface area contributed by atoms with Gasteiger partial charge >= 0.3 is 0 Å². The summed E-state index contributed by atoms with van der Waals surface area (Å²) in [4.78, 5) is 22.6. The minimum absolute atomic E-state index is 0.216. The molecule has 5 nitrogen and oxygen atoms in total. The molecular weight excluding hydrogens is 355 g/mol. The summed E-state index contributed by atoms with van der Waals surface area (Å²) in [7, 11) is 1.69. The number of amides is 1. The van der Waals surface area contributed by atoms with E-state index >= 15 is 0 Å². The Labute approximate surface area is 155 Å². The van der Waals surface area contributed by atoms with E-state index in [0.29, 0.717) is 28.8 Å². The van der Waals surface area contributed by atoms with Crippen LogP contribution < -0.4 is 5.32 Å². The number of hydrogen-bond donors (Lipinski definition) is 1. The number of pyridine rings is 2. The first-order chi connectivity index (χ1) is 12.5. The predicted molar refractivity (Wildman–Crippen MR) is 99.0 cm³/mol. The van der Waals surface area contributed by atoms with Crippen molar-refractivity contribution in [2.45, 2.75) is 6.54 Å². The van der Waals surface area contributed by atoms with Gasteiger partial charge in [0.2, 0.25) is 0 Å². The molecule has 26 heavy (non-hydrogen) atoms. The average Bonchev–Trinajstić information content (AvgIpc) is 2.63. The largest absolute Gasteiger partial charge is 0.339 e. The molecule has 2 heterocycles. The Hall–Kier alpha value is -2.99. The molecule has 0 unspecified atom stereocenters. The molecule has 132 valence electrons. The van der Waals surface area contributed by atoms with Crippen LogP contribution >= 0.6 is 11.6 Å². The van der Waals surface area contributed by atoms with Crippen LogP contribution in [0.25, 0.3) is 0 Å². The highest BCUT2D eigenvalue weighted by molar-refractivity contribution is 6.29. The summed E-state index contributed by atoms with van der Waals surface area (Å²) in [6, 6.07) is 12.8. The maximum atomic E-state index is 13.4. The summed E-state index contributed by atoms with van der Waals surface area (Å²) < 4.78 is 13.4. The lowest BCUT2D eigenvalue weighted by Crippen LogP contribution is -2.27. The molecule has 0 radical (unpaired) electrons. The first-order valence-corrected chi connectivity index (χ1v) is 8.24. The number of carbonyl (C=O) groups excluding carboxylic acids is 1. The summed E-state index contributed by atoms with van der Waals surface area (Å²) >= 11 is 5.78. The van der Waals surface area contributed by atoms with E-state index in [1.54, 1.807) is 54.7 Å². The number of benzene rings is 1. The van der Waals surface area contributed by atoms with Crippen molar-refractivity contribution in [3.8, 4) is 0 Å².